The molecule has 1 aromatic heterocycles. The van der Waals surface area contributed by atoms with Gasteiger partial charge in [0.1, 0.15) is 5.82 Å². The normalized spacial score (nSPS) is 27.4. The lowest BCUT2D eigenvalue weighted by Crippen LogP contribution is -2.55. The molecule has 3 heterocycles. The average molecular weight is 330 g/mol. The van der Waals surface area contributed by atoms with Crippen LogP contribution in [-0.4, -0.2) is 45.8 Å². The van der Waals surface area contributed by atoms with Crippen molar-refractivity contribution in [3.63, 3.8) is 0 Å². The van der Waals surface area contributed by atoms with Crippen molar-refractivity contribution in [2.24, 2.45) is 7.05 Å². The average Bonchev–Trinajstić information content (AvgIpc) is 2.85. The highest BCUT2D eigenvalue weighted by atomic mass is 19.1. The summed E-state index contributed by atoms with van der Waals surface area (Å²) >= 11 is 0. The molecule has 2 aliphatic heterocycles. The lowest BCUT2D eigenvalue weighted by molar-refractivity contribution is 0.0462. The lowest BCUT2D eigenvalue weighted by atomic mass is 9.82. The van der Waals surface area contributed by atoms with Crippen LogP contribution in [0.3, 0.4) is 0 Å². The molecule has 0 radical (unpaired) electrons. The van der Waals surface area contributed by atoms with Crippen LogP contribution in [0.25, 0.3) is 10.9 Å². The van der Waals surface area contributed by atoms with Gasteiger partial charge in [-0.05, 0) is 50.9 Å². The van der Waals surface area contributed by atoms with Crippen molar-refractivity contribution < 1.29 is 9.18 Å². The van der Waals surface area contributed by atoms with Gasteiger partial charge in [-0.3, -0.25) is 9.48 Å². The third-order valence-corrected chi connectivity index (χ3v) is 5.70. The number of aryl methyl sites for hydroxylation is 1. The van der Waals surface area contributed by atoms with E-state index in [1.807, 2.05) is 0 Å². The van der Waals surface area contributed by atoms with E-state index in [2.05, 4.69) is 22.4 Å². The highest BCUT2D eigenvalue weighted by Crippen LogP contribution is 2.32. The van der Waals surface area contributed by atoms with E-state index in [1.54, 1.807) is 17.8 Å². The van der Waals surface area contributed by atoms with Crippen molar-refractivity contribution in [2.45, 2.75) is 50.2 Å². The zero-order valence-electron chi connectivity index (χ0n) is 14.1. The van der Waals surface area contributed by atoms with Gasteiger partial charge in [-0.2, -0.15) is 5.10 Å². The van der Waals surface area contributed by atoms with Gasteiger partial charge >= 0.3 is 0 Å². The molecule has 6 heteroatoms. The van der Waals surface area contributed by atoms with Crippen LogP contribution in [0.1, 0.15) is 42.6 Å². The topological polar surface area (TPSA) is 50.2 Å². The second-order valence-corrected chi connectivity index (χ2v) is 7.18. The van der Waals surface area contributed by atoms with Crippen LogP contribution in [0.5, 0.6) is 0 Å². The molecule has 4 rings (SSSR count). The summed E-state index contributed by atoms with van der Waals surface area (Å²) in [6.07, 6.45) is 5.66. The Morgan fingerprint density at radius 3 is 2.67 bits per heavy atom. The maximum Gasteiger partial charge on any atom is 0.272 e. The molecule has 2 fully saturated rings. The number of nitrogens with one attached hydrogen (secondary N) is 1. The number of halogens is 1. The van der Waals surface area contributed by atoms with Crippen LogP contribution in [0.2, 0.25) is 0 Å². The first-order chi connectivity index (χ1) is 11.5. The number of carbonyl (C=O) groups excluding carboxylic acids is 1. The van der Waals surface area contributed by atoms with E-state index in [0.717, 1.165) is 18.4 Å². The van der Waals surface area contributed by atoms with Gasteiger partial charge in [0.15, 0.2) is 5.69 Å². The van der Waals surface area contributed by atoms with Crippen LogP contribution < -0.4 is 5.32 Å². The number of piperidine rings is 2. The molecule has 2 aliphatic rings. The van der Waals surface area contributed by atoms with Crippen LogP contribution in [0, 0.1) is 5.82 Å². The van der Waals surface area contributed by atoms with E-state index in [9.17, 15) is 9.18 Å². The molecule has 2 unspecified atom stereocenters. The second-order valence-electron chi connectivity index (χ2n) is 7.18. The van der Waals surface area contributed by atoms with Gasteiger partial charge in [-0.1, -0.05) is 6.42 Å². The Hall–Kier alpha value is -1.95. The van der Waals surface area contributed by atoms with Crippen molar-refractivity contribution in [1.29, 1.82) is 0 Å². The van der Waals surface area contributed by atoms with Crippen LogP contribution in [0.4, 0.5) is 4.39 Å². The van der Waals surface area contributed by atoms with Crippen LogP contribution >= 0.6 is 0 Å². The molecule has 0 saturated carbocycles. The first-order valence-corrected chi connectivity index (χ1v) is 8.68. The smallest absolute Gasteiger partial charge is 0.272 e. The van der Waals surface area contributed by atoms with Crippen molar-refractivity contribution in [3.8, 4) is 0 Å². The molecule has 2 bridgehead atoms. The van der Waals surface area contributed by atoms with E-state index in [0.29, 0.717) is 23.2 Å². The van der Waals surface area contributed by atoms with Crippen molar-refractivity contribution in [1.82, 2.24) is 20.0 Å². The van der Waals surface area contributed by atoms with E-state index < -0.39 is 0 Å². The number of aromatic nitrogens is 2. The fourth-order valence-electron chi connectivity index (χ4n) is 4.39. The Morgan fingerprint density at radius 1 is 1.25 bits per heavy atom. The minimum atomic E-state index is -0.349. The largest absolute Gasteiger partial charge is 0.348 e. The predicted octanol–water partition coefficient (Wildman–Crippen LogP) is 2.46. The number of amides is 1. The zero-order valence-corrected chi connectivity index (χ0v) is 14.1. The fraction of sp³-hybridized carbons (Fsp3) is 0.556. The van der Waals surface area contributed by atoms with Gasteiger partial charge in [-0.25, -0.2) is 4.39 Å². The Balaban J connectivity index is 1.56. The molecule has 24 heavy (non-hydrogen) atoms. The molecule has 2 aromatic rings. The molecule has 2 atom stereocenters. The maximum absolute atomic E-state index is 13.6. The minimum absolute atomic E-state index is 0.176. The van der Waals surface area contributed by atoms with Gasteiger partial charge in [-0.15, -0.1) is 0 Å². The monoisotopic (exact) mass is 330 g/mol. The van der Waals surface area contributed by atoms with E-state index in [4.69, 9.17) is 0 Å². The molecule has 1 amide bonds. The molecule has 0 aliphatic carbocycles. The van der Waals surface area contributed by atoms with Gasteiger partial charge in [0.25, 0.3) is 5.91 Å². The number of benzene rings is 1. The van der Waals surface area contributed by atoms with E-state index >= 15 is 0 Å². The van der Waals surface area contributed by atoms with E-state index in [1.165, 1.54) is 31.4 Å². The van der Waals surface area contributed by atoms with Crippen LogP contribution in [-0.2, 0) is 7.05 Å². The molecule has 1 aromatic carbocycles. The highest BCUT2D eigenvalue weighted by Gasteiger charge is 2.36. The molecule has 128 valence electrons. The fourth-order valence-corrected chi connectivity index (χ4v) is 4.39. The first-order valence-electron chi connectivity index (χ1n) is 8.68. The quantitative estimate of drug-likeness (QED) is 0.920. The summed E-state index contributed by atoms with van der Waals surface area (Å²) in [5.41, 5.74) is 1.08. The van der Waals surface area contributed by atoms with Gasteiger partial charge in [0, 0.05) is 30.6 Å². The van der Waals surface area contributed by atoms with Crippen LogP contribution in [0.15, 0.2) is 18.2 Å². The van der Waals surface area contributed by atoms with E-state index in [-0.39, 0.29) is 17.8 Å². The summed E-state index contributed by atoms with van der Waals surface area (Å²) < 4.78 is 15.2. The summed E-state index contributed by atoms with van der Waals surface area (Å²) in [6.45, 7) is 0. The number of carbonyl (C=O) groups is 1. The maximum atomic E-state index is 13.6. The number of rotatable bonds is 2. The summed E-state index contributed by atoms with van der Waals surface area (Å²) in [5, 5.41) is 8.03. The predicted molar refractivity (Wildman–Crippen MR) is 90.4 cm³/mol. The summed E-state index contributed by atoms with van der Waals surface area (Å²) in [6, 6.07) is 5.73. The summed E-state index contributed by atoms with van der Waals surface area (Å²) in [5.74, 6) is -0.544. The lowest BCUT2D eigenvalue weighted by Gasteiger charge is -2.47. The standard InChI is InChI=1S/C18H23FN4O/c1-22-13-4-3-5-14(22)10-12(9-13)20-18(24)17-15-8-11(19)6-7-16(15)23(2)21-17/h6-8,12-14H,3-5,9-10H2,1-2H3,(H,20,24). The summed E-state index contributed by atoms with van der Waals surface area (Å²) in [4.78, 5) is 15.2. The highest BCUT2D eigenvalue weighted by molar-refractivity contribution is 6.05. The van der Waals surface area contributed by atoms with Crippen molar-refractivity contribution >= 4 is 16.8 Å². The molecule has 1 N–H and O–H groups in total. The Labute approximate surface area is 140 Å². The third kappa shape index (κ3) is 2.59. The number of fused-ring (bicyclic) bond motifs is 3. The number of hydrogen-bond donors (Lipinski definition) is 1. The minimum Gasteiger partial charge on any atom is -0.348 e. The first kappa shape index (κ1) is 15.6. The molecular formula is C18H23FN4O. The molecular weight excluding hydrogens is 307 g/mol. The van der Waals surface area contributed by atoms with Gasteiger partial charge < -0.3 is 10.2 Å². The zero-order chi connectivity index (χ0) is 16.8. The molecule has 2 saturated heterocycles. The van der Waals surface area contributed by atoms with Crippen molar-refractivity contribution in [2.75, 3.05) is 7.05 Å². The van der Waals surface area contributed by atoms with Crippen molar-refractivity contribution in [3.05, 3.63) is 29.7 Å². The number of nitrogens with zero attached hydrogens (tertiary/aromatic N) is 3. The summed E-state index contributed by atoms with van der Waals surface area (Å²) in [7, 11) is 3.97. The third-order valence-electron chi connectivity index (χ3n) is 5.70. The van der Waals surface area contributed by atoms with Gasteiger partial charge in [0.05, 0.1) is 5.52 Å². The Kier molecular flexibility index (Phi) is 3.79. The molecule has 0 spiro atoms. The SMILES string of the molecule is CN1C2CCCC1CC(NC(=O)c1nn(C)c3ccc(F)cc13)C2. The molecule has 5 nitrogen and oxygen atoms in total. The number of hydrogen-bond acceptors (Lipinski definition) is 3. The Morgan fingerprint density at radius 2 is 1.96 bits per heavy atom. The second kappa shape index (κ2) is 5.84. The Bertz CT molecular complexity index is 773. The van der Waals surface area contributed by atoms with Gasteiger partial charge in [0.2, 0.25) is 0 Å².